The van der Waals surface area contributed by atoms with Gasteiger partial charge in [-0.05, 0) is 43.2 Å². The van der Waals surface area contributed by atoms with Gasteiger partial charge in [-0.1, -0.05) is 13.8 Å². The average molecular weight is 280 g/mol. The van der Waals surface area contributed by atoms with Crippen LogP contribution >= 0.6 is 0 Å². The van der Waals surface area contributed by atoms with Crippen molar-refractivity contribution < 1.29 is 9.13 Å². The summed E-state index contributed by atoms with van der Waals surface area (Å²) in [6.45, 7) is 4.98. The second-order valence-corrected chi connectivity index (χ2v) is 6.11. The third-order valence-electron chi connectivity index (χ3n) is 4.70. The summed E-state index contributed by atoms with van der Waals surface area (Å²) in [5, 5.41) is 3.38. The van der Waals surface area contributed by atoms with Crippen LogP contribution in [0.15, 0.2) is 18.2 Å². The van der Waals surface area contributed by atoms with E-state index in [2.05, 4.69) is 19.2 Å². The number of rotatable bonds is 4. The molecule has 0 radical (unpaired) electrons. The summed E-state index contributed by atoms with van der Waals surface area (Å²) < 4.78 is 19.2. The van der Waals surface area contributed by atoms with Gasteiger partial charge in [-0.2, -0.15) is 0 Å². The van der Waals surface area contributed by atoms with E-state index in [9.17, 15) is 4.39 Å². The number of benzene rings is 1. The van der Waals surface area contributed by atoms with E-state index in [-0.39, 0.29) is 11.4 Å². The van der Waals surface area contributed by atoms with Gasteiger partial charge in [0.2, 0.25) is 0 Å². The Morgan fingerprint density at radius 2 is 2.20 bits per heavy atom. The van der Waals surface area contributed by atoms with Gasteiger partial charge in [0.05, 0.1) is 18.3 Å². The molecule has 1 aliphatic carbocycles. The molecule has 0 amide bonds. The molecule has 20 heavy (non-hydrogen) atoms. The highest BCUT2D eigenvalue weighted by Gasteiger charge is 2.39. The number of anilines is 1. The zero-order valence-electron chi connectivity index (χ0n) is 12.6. The smallest absolute Gasteiger partial charge is 0.146 e. The van der Waals surface area contributed by atoms with Crippen molar-refractivity contribution >= 4 is 5.69 Å². The Bertz CT molecular complexity index is 466. The summed E-state index contributed by atoms with van der Waals surface area (Å²) in [5.41, 5.74) is 6.29. The number of nitrogens with two attached hydrogens (primary N) is 1. The maximum Gasteiger partial charge on any atom is 0.146 e. The van der Waals surface area contributed by atoms with Crippen molar-refractivity contribution in [3.05, 3.63) is 24.0 Å². The minimum atomic E-state index is -0.260. The van der Waals surface area contributed by atoms with Crippen molar-refractivity contribution in [3.63, 3.8) is 0 Å². The third-order valence-corrected chi connectivity index (χ3v) is 4.70. The molecule has 1 fully saturated rings. The average Bonchev–Trinajstić information content (AvgIpc) is 2.44. The molecule has 1 saturated carbocycles. The molecular weight excluding hydrogens is 255 g/mol. The monoisotopic (exact) mass is 280 g/mol. The van der Waals surface area contributed by atoms with E-state index in [1.807, 2.05) is 0 Å². The first-order valence-corrected chi connectivity index (χ1v) is 7.32. The molecule has 2 rings (SSSR count). The molecule has 0 aromatic heterocycles. The molecule has 0 heterocycles. The van der Waals surface area contributed by atoms with Crippen molar-refractivity contribution in [1.29, 1.82) is 0 Å². The van der Waals surface area contributed by atoms with Crippen LogP contribution < -0.4 is 15.8 Å². The predicted molar refractivity (Wildman–Crippen MR) is 80.5 cm³/mol. The molecular formula is C16H25FN2O. The Labute approximate surface area is 120 Å². The molecule has 3 N–H and O–H groups in total. The van der Waals surface area contributed by atoms with Crippen LogP contribution in [0.1, 0.15) is 33.1 Å². The Morgan fingerprint density at radius 1 is 1.45 bits per heavy atom. The van der Waals surface area contributed by atoms with E-state index in [1.54, 1.807) is 19.2 Å². The third kappa shape index (κ3) is 2.90. The first kappa shape index (κ1) is 15.1. The summed E-state index contributed by atoms with van der Waals surface area (Å²) >= 11 is 0. The number of hydrogen-bond donors (Lipinski definition) is 2. The van der Waals surface area contributed by atoms with E-state index >= 15 is 0 Å². The van der Waals surface area contributed by atoms with E-state index in [1.165, 1.54) is 6.07 Å². The number of nitrogens with one attached hydrogen (secondary N) is 1. The maximum absolute atomic E-state index is 14.0. The molecule has 1 aromatic carbocycles. The van der Waals surface area contributed by atoms with Crippen molar-refractivity contribution in [3.8, 4) is 5.75 Å². The maximum atomic E-state index is 14.0. The van der Waals surface area contributed by atoms with Crippen molar-refractivity contribution in [2.75, 3.05) is 19.0 Å². The summed E-state index contributed by atoms with van der Waals surface area (Å²) in [6.07, 6.45) is 3.22. The molecule has 3 nitrogen and oxygen atoms in total. The molecule has 1 aromatic rings. The quantitative estimate of drug-likeness (QED) is 0.888. The van der Waals surface area contributed by atoms with Crippen LogP contribution in [0.3, 0.4) is 0 Å². The van der Waals surface area contributed by atoms with E-state index in [0.29, 0.717) is 29.8 Å². The molecule has 0 bridgehead atoms. The summed E-state index contributed by atoms with van der Waals surface area (Å²) in [4.78, 5) is 0. The van der Waals surface area contributed by atoms with Crippen LogP contribution in [0.25, 0.3) is 0 Å². The lowest BCUT2D eigenvalue weighted by Crippen LogP contribution is -2.53. The summed E-state index contributed by atoms with van der Waals surface area (Å²) in [7, 11) is 1.58. The highest BCUT2D eigenvalue weighted by molar-refractivity contribution is 5.52. The largest absolute Gasteiger partial charge is 0.497 e. The topological polar surface area (TPSA) is 47.3 Å². The Morgan fingerprint density at radius 3 is 2.80 bits per heavy atom. The van der Waals surface area contributed by atoms with Crippen molar-refractivity contribution in [2.24, 2.45) is 17.6 Å². The van der Waals surface area contributed by atoms with Crippen molar-refractivity contribution in [2.45, 2.75) is 38.6 Å². The second-order valence-electron chi connectivity index (χ2n) is 6.11. The van der Waals surface area contributed by atoms with Crippen LogP contribution in [0.4, 0.5) is 10.1 Å². The fourth-order valence-corrected chi connectivity index (χ4v) is 3.23. The summed E-state index contributed by atoms with van der Waals surface area (Å²) in [6, 6.07) is 4.76. The van der Waals surface area contributed by atoms with Gasteiger partial charge >= 0.3 is 0 Å². The van der Waals surface area contributed by atoms with E-state index in [4.69, 9.17) is 10.5 Å². The lowest BCUT2D eigenvalue weighted by Gasteiger charge is -2.45. The molecule has 3 atom stereocenters. The van der Waals surface area contributed by atoms with Gasteiger partial charge in [-0.15, -0.1) is 0 Å². The van der Waals surface area contributed by atoms with Crippen LogP contribution in [0, 0.1) is 17.7 Å². The normalized spacial score (nSPS) is 30.1. The van der Waals surface area contributed by atoms with Gasteiger partial charge in [-0.25, -0.2) is 4.39 Å². The highest BCUT2D eigenvalue weighted by atomic mass is 19.1. The molecule has 1 aliphatic rings. The van der Waals surface area contributed by atoms with Gasteiger partial charge < -0.3 is 15.8 Å². The van der Waals surface area contributed by atoms with Gasteiger partial charge in [0, 0.05) is 12.6 Å². The Kier molecular flexibility index (Phi) is 4.53. The van der Waals surface area contributed by atoms with E-state index in [0.717, 1.165) is 19.3 Å². The SMILES string of the molecule is COc1ccc(F)c(NC2(CN)CCC(C)CC2C)c1. The first-order chi connectivity index (χ1) is 9.50. The number of halogens is 1. The molecule has 112 valence electrons. The molecule has 0 aliphatic heterocycles. The van der Waals surface area contributed by atoms with E-state index < -0.39 is 0 Å². The molecule has 4 heteroatoms. The zero-order valence-corrected chi connectivity index (χ0v) is 12.6. The van der Waals surface area contributed by atoms with Crippen LogP contribution in [-0.2, 0) is 0 Å². The standard InChI is InChI=1S/C16H25FN2O/c1-11-6-7-16(10-18,12(2)8-11)19-15-9-13(20-3)4-5-14(15)17/h4-5,9,11-12,19H,6-8,10,18H2,1-3H3. The number of ether oxygens (including phenoxy) is 1. The highest BCUT2D eigenvalue weighted by Crippen LogP contribution is 2.39. The molecule has 0 saturated heterocycles. The lowest BCUT2D eigenvalue weighted by atomic mass is 9.70. The minimum absolute atomic E-state index is 0.223. The predicted octanol–water partition coefficient (Wildman–Crippen LogP) is 3.40. The second kappa shape index (κ2) is 6.00. The van der Waals surface area contributed by atoms with Crippen LogP contribution in [0.5, 0.6) is 5.75 Å². The van der Waals surface area contributed by atoms with Gasteiger partial charge in [0.1, 0.15) is 11.6 Å². The minimum Gasteiger partial charge on any atom is -0.497 e. The molecule has 0 spiro atoms. The number of hydrogen-bond acceptors (Lipinski definition) is 3. The zero-order chi connectivity index (χ0) is 14.8. The van der Waals surface area contributed by atoms with Crippen LogP contribution in [0.2, 0.25) is 0 Å². The fourth-order valence-electron chi connectivity index (χ4n) is 3.23. The lowest BCUT2D eigenvalue weighted by molar-refractivity contribution is 0.189. The van der Waals surface area contributed by atoms with Crippen LogP contribution in [-0.4, -0.2) is 19.2 Å². The Hall–Kier alpha value is -1.29. The molecule has 3 unspecified atom stereocenters. The summed E-state index contributed by atoms with van der Waals surface area (Å²) in [5.74, 6) is 1.52. The van der Waals surface area contributed by atoms with Gasteiger partial charge in [0.15, 0.2) is 0 Å². The van der Waals surface area contributed by atoms with Gasteiger partial charge in [0.25, 0.3) is 0 Å². The Balaban J connectivity index is 2.25. The van der Waals surface area contributed by atoms with Crippen molar-refractivity contribution in [1.82, 2.24) is 0 Å². The first-order valence-electron chi connectivity index (χ1n) is 7.32. The number of methoxy groups -OCH3 is 1. The van der Waals surface area contributed by atoms with Gasteiger partial charge in [-0.3, -0.25) is 0 Å². The fraction of sp³-hybridized carbons (Fsp3) is 0.625.